The van der Waals surface area contributed by atoms with Crippen LogP contribution in [0, 0.1) is 0 Å². The summed E-state index contributed by atoms with van der Waals surface area (Å²) in [6.07, 6.45) is 1.73. The van der Waals surface area contributed by atoms with Crippen molar-refractivity contribution in [1.29, 1.82) is 0 Å². The molecule has 0 aliphatic rings. The molecule has 8 heteroatoms. The van der Waals surface area contributed by atoms with Gasteiger partial charge in [-0.25, -0.2) is 4.99 Å². The molecule has 0 bridgehead atoms. The van der Waals surface area contributed by atoms with Crippen LogP contribution in [0.2, 0.25) is 0 Å². The normalized spacial score (nSPS) is 11.8. The molecule has 0 spiro atoms. The summed E-state index contributed by atoms with van der Waals surface area (Å²) in [6.45, 7) is 14.1. The van der Waals surface area contributed by atoms with Crippen LogP contribution < -0.4 is 10.6 Å². The third kappa shape index (κ3) is 7.38. The smallest absolute Gasteiger partial charge is 0.191 e. The van der Waals surface area contributed by atoms with Crippen LogP contribution in [-0.4, -0.2) is 57.3 Å². The summed E-state index contributed by atoms with van der Waals surface area (Å²) in [5.74, 6) is 1.61. The SMILES string of the molecule is CCNC(=NCc1nncn1-c1ccccc1)NCCN(C(C)C)C(C)C.I. The quantitative estimate of drug-likeness (QED) is 0.316. The first kappa shape index (κ1) is 24.4. The van der Waals surface area contributed by atoms with E-state index in [0.717, 1.165) is 37.1 Å². The minimum atomic E-state index is 0. The molecule has 0 atom stereocenters. The summed E-state index contributed by atoms with van der Waals surface area (Å²) in [5.41, 5.74) is 1.04. The highest BCUT2D eigenvalue weighted by molar-refractivity contribution is 14.0. The molecule has 2 rings (SSSR count). The molecule has 0 unspecified atom stereocenters. The van der Waals surface area contributed by atoms with Crippen LogP contribution in [0.4, 0.5) is 0 Å². The molecule has 0 amide bonds. The van der Waals surface area contributed by atoms with Crippen molar-refractivity contribution in [3.05, 3.63) is 42.5 Å². The maximum Gasteiger partial charge on any atom is 0.191 e. The first-order valence-corrected chi connectivity index (χ1v) is 9.75. The van der Waals surface area contributed by atoms with Gasteiger partial charge in [0.2, 0.25) is 0 Å². The van der Waals surface area contributed by atoms with E-state index in [1.54, 1.807) is 6.33 Å². The summed E-state index contributed by atoms with van der Waals surface area (Å²) in [6, 6.07) is 11.1. The van der Waals surface area contributed by atoms with Crippen LogP contribution in [0.5, 0.6) is 0 Å². The zero-order valence-electron chi connectivity index (χ0n) is 17.6. The molecule has 1 heterocycles. The Kier molecular flexibility index (Phi) is 11.1. The lowest BCUT2D eigenvalue weighted by molar-refractivity contribution is 0.178. The van der Waals surface area contributed by atoms with Crippen molar-refractivity contribution in [3.8, 4) is 5.69 Å². The van der Waals surface area contributed by atoms with Gasteiger partial charge >= 0.3 is 0 Å². The van der Waals surface area contributed by atoms with Gasteiger partial charge < -0.3 is 10.6 Å². The second-order valence-corrected chi connectivity index (χ2v) is 7.00. The second kappa shape index (κ2) is 12.7. The Morgan fingerprint density at radius 2 is 1.79 bits per heavy atom. The highest BCUT2D eigenvalue weighted by Crippen LogP contribution is 2.09. The van der Waals surface area contributed by atoms with E-state index in [4.69, 9.17) is 0 Å². The van der Waals surface area contributed by atoms with Gasteiger partial charge in [0, 0.05) is 37.4 Å². The molecule has 0 saturated carbocycles. The highest BCUT2D eigenvalue weighted by Gasteiger charge is 2.13. The number of halogens is 1. The molecule has 1 aromatic heterocycles. The van der Waals surface area contributed by atoms with E-state index in [-0.39, 0.29) is 24.0 Å². The Labute approximate surface area is 186 Å². The van der Waals surface area contributed by atoms with E-state index in [9.17, 15) is 0 Å². The van der Waals surface area contributed by atoms with E-state index in [0.29, 0.717) is 18.6 Å². The number of aromatic nitrogens is 3. The fourth-order valence-corrected chi connectivity index (χ4v) is 3.08. The van der Waals surface area contributed by atoms with Crippen LogP contribution in [0.15, 0.2) is 41.7 Å². The number of rotatable bonds is 9. The minimum absolute atomic E-state index is 0. The molecule has 7 nitrogen and oxygen atoms in total. The van der Waals surface area contributed by atoms with Crippen molar-refractivity contribution in [2.75, 3.05) is 19.6 Å². The minimum Gasteiger partial charge on any atom is -0.357 e. The topological polar surface area (TPSA) is 70.4 Å². The van der Waals surface area contributed by atoms with Gasteiger partial charge in [0.1, 0.15) is 12.9 Å². The number of para-hydroxylation sites is 1. The van der Waals surface area contributed by atoms with Crippen LogP contribution in [-0.2, 0) is 6.54 Å². The zero-order valence-corrected chi connectivity index (χ0v) is 19.9. The van der Waals surface area contributed by atoms with Crippen LogP contribution in [0.1, 0.15) is 40.4 Å². The molecule has 0 aliphatic carbocycles. The molecule has 0 fully saturated rings. The first-order valence-electron chi connectivity index (χ1n) is 9.75. The molecule has 0 saturated heterocycles. The van der Waals surface area contributed by atoms with Crippen LogP contribution >= 0.6 is 24.0 Å². The maximum atomic E-state index is 4.68. The maximum absolute atomic E-state index is 4.68. The number of hydrogen-bond donors (Lipinski definition) is 2. The van der Waals surface area contributed by atoms with Crippen LogP contribution in [0.25, 0.3) is 5.69 Å². The molecular formula is C20H34IN7. The average molecular weight is 499 g/mol. The number of aliphatic imine (C=N–C) groups is 1. The van der Waals surface area contributed by atoms with Gasteiger partial charge in [-0.3, -0.25) is 9.47 Å². The zero-order chi connectivity index (χ0) is 19.6. The fraction of sp³-hybridized carbons (Fsp3) is 0.550. The van der Waals surface area contributed by atoms with Gasteiger partial charge in [-0.1, -0.05) is 18.2 Å². The Bertz CT molecular complexity index is 690. The number of benzene rings is 1. The van der Waals surface area contributed by atoms with Crippen molar-refractivity contribution in [3.63, 3.8) is 0 Å². The Balaban J connectivity index is 0.00000392. The average Bonchev–Trinajstić information content (AvgIpc) is 3.11. The molecule has 156 valence electrons. The predicted molar refractivity (Wildman–Crippen MR) is 127 cm³/mol. The largest absolute Gasteiger partial charge is 0.357 e. The van der Waals surface area contributed by atoms with Gasteiger partial charge in [0.05, 0.1) is 0 Å². The monoisotopic (exact) mass is 499 g/mol. The molecule has 1 aromatic carbocycles. The van der Waals surface area contributed by atoms with E-state index in [1.807, 2.05) is 34.9 Å². The summed E-state index contributed by atoms with van der Waals surface area (Å²) in [7, 11) is 0. The summed E-state index contributed by atoms with van der Waals surface area (Å²) < 4.78 is 1.96. The number of guanidine groups is 1. The second-order valence-electron chi connectivity index (χ2n) is 7.00. The standard InChI is InChI=1S/C20H33N7.HI/c1-6-21-20(22-12-13-26(16(2)3)17(4)5)23-14-19-25-24-15-27(19)18-10-8-7-9-11-18;/h7-11,15-17H,6,12-14H2,1-5H3,(H2,21,22,23);1H. The number of nitrogens with one attached hydrogen (secondary N) is 2. The van der Waals surface area contributed by atoms with Gasteiger partial charge in [0.15, 0.2) is 11.8 Å². The molecule has 28 heavy (non-hydrogen) atoms. The molecular weight excluding hydrogens is 465 g/mol. The molecule has 2 N–H and O–H groups in total. The third-order valence-electron chi connectivity index (χ3n) is 4.36. The van der Waals surface area contributed by atoms with E-state index in [1.165, 1.54) is 0 Å². The summed E-state index contributed by atoms with van der Waals surface area (Å²) in [5, 5.41) is 15.0. The van der Waals surface area contributed by atoms with E-state index in [2.05, 4.69) is 65.3 Å². The molecule has 2 aromatic rings. The lowest BCUT2D eigenvalue weighted by Crippen LogP contribution is -2.45. The lowest BCUT2D eigenvalue weighted by atomic mass is 10.2. The number of hydrogen-bond acceptors (Lipinski definition) is 4. The Morgan fingerprint density at radius 3 is 2.39 bits per heavy atom. The van der Waals surface area contributed by atoms with Crippen molar-refractivity contribution in [2.45, 2.75) is 53.2 Å². The molecule has 0 aliphatic heterocycles. The first-order chi connectivity index (χ1) is 13.0. The Morgan fingerprint density at radius 1 is 1.11 bits per heavy atom. The Hall–Kier alpha value is -1.68. The van der Waals surface area contributed by atoms with Gasteiger partial charge in [-0.05, 0) is 46.8 Å². The van der Waals surface area contributed by atoms with E-state index < -0.39 is 0 Å². The van der Waals surface area contributed by atoms with Gasteiger partial charge in [0.25, 0.3) is 0 Å². The number of nitrogens with zero attached hydrogens (tertiary/aromatic N) is 5. The van der Waals surface area contributed by atoms with Gasteiger partial charge in [-0.2, -0.15) is 0 Å². The lowest BCUT2D eigenvalue weighted by Gasteiger charge is -2.30. The van der Waals surface area contributed by atoms with Crippen molar-refractivity contribution in [2.24, 2.45) is 4.99 Å². The third-order valence-corrected chi connectivity index (χ3v) is 4.36. The highest BCUT2D eigenvalue weighted by atomic mass is 127. The summed E-state index contributed by atoms with van der Waals surface area (Å²) >= 11 is 0. The van der Waals surface area contributed by atoms with E-state index >= 15 is 0 Å². The van der Waals surface area contributed by atoms with Crippen LogP contribution in [0.3, 0.4) is 0 Å². The van der Waals surface area contributed by atoms with Crippen molar-refractivity contribution in [1.82, 2.24) is 30.3 Å². The predicted octanol–water partition coefficient (Wildman–Crippen LogP) is 3.06. The fourth-order valence-electron chi connectivity index (χ4n) is 3.08. The van der Waals surface area contributed by atoms with Gasteiger partial charge in [-0.15, -0.1) is 34.2 Å². The molecule has 0 radical (unpaired) electrons. The summed E-state index contributed by atoms with van der Waals surface area (Å²) in [4.78, 5) is 7.14. The van der Waals surface area contributed by atoms with Crippen molar-refractivity contribution < 1.29 is 0 Å². The van der Waals surface area contributed by atoms with Crippen molar-refractivity contribution >= 4 is 29.9 Å².